The number of rotatable bonds is 3. The Morgan fingerprint density at radius 1 is 1.31 bits per heavy atom. The second kappa shape index (κ2) is 7.39. The molecule has 2 aliphatic rings. The predicted molar refractivity (Wildman–Crippen MR) is 104 cm³/mol. The zero-order valence-corrected chi connectivity index (χ0v) is 16.4. The van der Waals surface area contributed by atoms with Gasteiger partial charge < -0.3 is 10.2 Å². The van der Waals surface area contributed by atoms with Crippen LogP contribution in [0.15, 0.2) is 6.20 Å². The van der Waals surface area contributed by atoms with Gasteiger partial charge in [-0.2, -0.15) is 5.10 Å². The quantitative estimate of drug-likeness (QED) is 0.892. The van der Waals surface area contributed by atoms with Gasteiger partial charge in [-0.3, -0.25) is 4.68 Å². The normalized spacial score (nSPS) is 18.0. The summed E-state index contributed by atoms with van der Waals surface area (Å²) in [4.78, 5) is 21.0. The predicted octanol–water partition coefficient (Wildman–Crippen LogP) is 3.73. The number of thiazole rings is 1. The fraction of sp³-hybridized carbons (Fsp3) is 0.632. The number of carbonyl (C=O) groups is 1. The number of aromatic nitrogens is 3. The van der Waals surface area contributed by atoms with Gasteiger partial charge in [-0.15, -0.1) is 11.3 Å². The Kier molecular flexibility index (Phi) is 4.98. The molecule has 2 aromatic rings. The average molecular weight is 374 g/mol. The minimum Gasteiger partial charge on any atom is -0.324 e. The van der Waals surface area contributed by atoms with Crippen LogP contribution in [0.25, 0.3) is 0 Å². The second-order valence-electron chi connectivity index (χ2n) is 7.34. The molecule has 1 fully saturated rings. The summed E-state index contributed by atoms with van der Waals surface area (Å²) < 4.78 is 1.75. The highest BCUT2D eigenvalue weighted by molar-refractivity contribution is 7.11. The molecule has 0 aromatic carbocycles. The largest absolute Gasteiger partial charge is 0.324 e. The van der Waals surface area contributed by atoms with Gasteiger partial charge in [0.25, 0.3) is 0 Å². The molecule has 6 nitrogen and oxygen atoms in total. The number of hydrogen-bond acceptors (Lipinski definition) is 4. The summed E-state index contributed by atoms with van der Waals surface area (Å²) in [5.74, 6) is 0.513. The molecule has 4 rings (SSSR count). The highest BCUT2D eigenvalue weighted by Crippen LogP contribution is 2.35. The van der Waals surface area contributed by atoms with Crippen LogP contribution in [0, 0.1) is 0 Å². The zero-order chi connectivity index (χ0) is 18.1. The Balaban J connectivity index is 1.35. The maximum atomic E-state index is 12.6. The van der Waals surface area contributed by atoms with Crippen molar-refractivity contribution in [3.05, 3.63) is 27.5 Å². The lowest BCUT2D eigenvalue weighted by atomic mass is 9.97. The number of piperidine rings is 1. The molecule has 140 valence electrons. The SMILES string of the molecule is CCc1nn(C)cc1NC(=O)N1CCC(c2nc3c(s2)CCCC3)CC1. The number of nitrogens with one attached hydrogen (secondary N) is 1. The van der Waals surface area contributed by atoms with Crippen molar-refractivity contribution in [2.45, 2.75) is 57.8 Å². The number of fused-ring (bicyclic) bond motifs is 1. The third kappa shape index (κ3) is 3.49. The van der Waals surface area contributed by atoms with E-state index in [-0.39, 0.29) is 6.03 Å². The Morgan fingerprint density at radius 2 is 2.08 bits per heavy atom. The van der Waals surface area contributed by atoms with Gasteiger partial charge in [-0.05, 0) is 44.9 Å². The van der Waals surface area contributed by atoms with Crippen LogP contribution in [0.1, 0.15) is 59.8 Å². The third-order valence-electron chi connectivity index (χ3n) is 5.48. The van der Waals surface area contributed by atoms with Crippen LogP contribution in [-0.4, -0.2) is 38.8 Å². The number of likely N-dealkylation sites (tertiary alicyclic amines) is 1. The lowest BCUT2D eigenvalue weighted by Gasteiger charge is -2.31. The van der Waals surface area contributed by atoms with E-state index in [2.05, 4.69) is 17.3 Å². The maximum absolute atomic E-state index is 12.6. The second-order valence-corrected chi connectivity index (χ2v) is 8.45. The van der Waals surface area contributed by atoms with Crippen LogP contribution in [0.5, 0.6) is 0 Å². The smallest absolute Gasteiger partial charge is 0.321 e. The Labute approximate surface area is 158 Å². The molecule has 2 aromatic heterocycles. The van der Waals surface area contributed by atoms with Crippen molar-refractivity contribution in [3.8, 4) is 0 Å². The van der Waals surface area contributed by atoms with E-state index in [0.717, 1.165) is 50.2 Å². The van der Waals surface area contributed by atoms with Crippen LogP contribution >= 0.6 is 11.3 Å². The molecule has 0 unspecified atom stereocenters. The molecule has 0 spiro atoms. The topological polar surface area (TPSA) is 63.1 Å². The third-order valence-corrected chi connectivity index (χ3v) is 6.80. The fourth-order valence-corrected chi connectivity index (χ4v) is 5.29. The molecule has 0 atom stereocenters. The number of carbonyl (C=O) groups excluding carboxylic acids is 1. The van der Waals surface area contributed by atoms with Crippen LogP contribution in [-0.2, 0) is 26.3 Å². The first-order valence-corrected chi connectivity index (χ1v) is 10.5. The van der Waals surface area contributed by atoms with Gasteiger partial charge in [0.15, 0.2) is 0 Å². The molecular weight excluding hydrogens is 346 g/mol. The molecule has 1 N–H and O–H groups in total. The van der Waals surface area contributed by atoms with E-state index in [1.807, 2.05) is 29.5 Å². The minimum atomic E-state index is -0.00965. The molecule has 26 heavy (non-hydrogen) atoms. The average Bonchev–Trinajstić information content (AvgIpc) is 3.24. The van der Waals surface area contributed by atoms with Crippen molar-refractivity contribution in [2.75, 3.05) is 18.4 Å². The van der Waals surface area contributed by atoms with Crippen LogP contribution in [0.4, 0.5) is 10.5 Å². The molecule has 1 aliphatic heterocycles. The number of amides is 2. The van der Waals surface area contributed by atoms with Gasteiger partial charge in [0.05, 0.1) is 22.1 Å². The van der Waals surface area contributed by atoms with Gasteiger partial charge in [-0.1, -0.05) is 6.92 Å². The van der Waals surface area contributed by atoms with Crippen LogP contribution in [0.2, 0.25) is 0 Å². The van der Waals surface area contributed by atoms with Gasteiger partial charge in [0.2, 0.25) is 0 Å². The first kappa shape index (κ1) is 17.5. The van der Waals surface area contributed by atoms with E-state index >= 15 is 0 Å². The molecule has 0 saturated carbocycles. The van der Waals surface area contributed by atoms with Crippen molar-refractivity contribution in [1.29, 1.82) is 0 Å². The molecule has 1 aliphatic carbocycles. The van der Waals surface area contributed by atoms with E-state index in [4.69, 9.17) is 4.98 Å². The number of aryl methyl sites for hydroxylation is 4. The number of anilines is 1. The van der Waals surface area contributed by atoms with E-state index < -0.39 is 0 Å². The van der Waals surface area contributed by atoms with Crippen molar-refractivity contribution < 1.29 is 4.79 Å². The van der Waals surface area contributed by atoms with E-state index in [0.29, 0.717) is 5.92 Å². The van der Waals surface area contributed by atoms with Crippen molar-refractivity contribution in [2.24, 2.45) is 7.05 Å². The molecule has 0 bridgehead atoms. The molecule has 1 saturated heterocycles. The number of urea groups is 1. The zero-order valence-electron chi connectivity index (χ0n) is 15.6. The van der Waals surface area contributed by atoms with Gasteiger partial charge in [0, 0.05) is 37.1 Å². The fourth-order valence-electron chi connectivity index (χ4n) is 3.97. The van der Waals surface area contributed by atoms with E-state index in [1.54, 1.807) is 4.68 Å². The Hall–Kier alpha value is -1.89. The van der Waals surface area contributed by atoms with Crippen molar-refractivity contribution in [1.82, 2.24) is 19.7 Å². The standard InChI is InChI=1S/C19H27N5OS/c1-3-14-16(12-23(2)22-14)21-19(25)24-10-8-13(9-11-24)18-20-15-6-4-5-7-17(15)26-18/h12-13H,3-11H2,1-2H3,(H,21,25). The summed E-state index contributed by atoms with van der Waals surface area (Å²) in [7, 11) is 1.88. The Bertz CT molecular complexity index is 764. The van der Waals surface area contributed by atoms with Gasteiger partial charge in [-0.25, -0.2) is 9.78 Å². The van der Waals surface area contributed by atoms with E-state index in [9.17, 15) is 4.79 Å². The number of hydrogen-bond donors (Lipinski definition) is 1. The highest BCUT2D eigenvalue weighted by Gasteiger charge is 2.27. The monoisotopic (exact) mass is 373 g/mol. The van der Waals surface area contributed by atoms with Crippen LogP contribution < -0.4 is 5.32 Å². The number of nitrogens with zero attached hydrogens (tertiary/aromatic N) is 4. The first-order valence-electron chi connectivity index (χ1n) is 9.71. The summed E-state index contributed by atoms with van der Waals surface area (Å²) >= 11 is 1.92. The molecule has 3 heterocycles. The van der Waals surface area contributed by atoms with E-state index in [1.165, 1.54) is 34.8 Å². The summed E-state index contributed by atoms with van der Waals surface area (Å²) in [6.45, 7) is 3.64. The molecular formula is C19H27N5OS. The lowest BCUT2D eigenvalue weighted by molar-refractivity contribution is 0.194. The lowest BCUT2D eigenvalue weighted by Crippen LogP contribution is -2.40. The van der Waals surface area contributed by atoms with Crippen LogP contribution in [0.3, 0.4) is 0 Å². The molecule has 0 radical (unpaired) electrons. The van der Waals surface area contributed by atoms with Gasteiger partial charge in [0.1, 0.15) is 0 Å². The van der Waals surface area contributed by atoms with Gasteiger partial charge >= 0.3 is 6.03 Å². The summed E-state index contributed by atoms with van der Waals surface area (Å²) in [5.41, 5.74) is 3.11. The maximum Gasteiger partial charge on any atom is 0.321 e. The minimum absolute atomic E-state index is 0.00965. The van der Waals surface area contributed by atoms with Crippen molar-refractivity contribution in [3.63, 3.8) is 0 Å². The first-order chi connectivity index (χ1) is 12.6. The highest BCUT2D eigenvalue weighted by atomic mass is 32.1. The summed E-state index contributed by atoms with van der Waals surface area (Å²) in [6, 6.07) is -0.00965. The van der Waals surface area contributed by atoms with Crippen molar-refractivity contribution >= 4 is 23.1 Å². The summed E-state index contributed by atoms with van der Waals surface area (Å²) in [6.07, 6.45) is 9.65. The molecule has 7 heteroatoms. The Morgan fingerprint density at radius 3 is 2.81 bits per heavy atom. The molecule has 2 amide bonds. The summed E-state index contributed by atoms with van der Waals surface area (Å²) in [5, 5.41) is 8.73.